The highest BCUT2D eigenvalue weighted by atomic mass is 16.5. The molecule has 3 rings (SSSR count). The van der Waals surface area contributed by atoms with E-state index in [0.717, 1.165) is 11.5 Å². The Hall–Kier alpha value is -1.89. The predicted octanol–water partition coefficient (Wildman–Crippen LogP) is 2.24. The zero-order valence-corrected chi connectivity index (χ0v) is 17.4. The van der Waals surface area contributed by atoms with Crippen molar-refractivity contribution >= 4 is 11.7 Å². The smallest absolute Gasteiger partial charge is 0.234 e. The number of hydrogen-bond acceptors (Lipinski definition) is 6. The molecule has 0 spiro atoms. The fourth-order valence-corrected chi connectivity index (χ4v) is 3.86. The molecule has 27 heavy (non-hydrogen) atoms. The quantitative estimate of drug-likeness (QED) is 0.841. The molecule has 0 aliphatic carbocycles. The summed E-state index contributed by atoms with van der Waals surface area (Å²) < 4.78 is 5.42. The zero-order valence-electron chi connectivity index (χ0n) is 17.4. The fraction of sp³-hybridized carbons (Fsp3) is 0.750. The third-order valence-electron chi connectivity index (χ3n) is 6.13. The number of rotatable bonds is 4. The maximum atomic E-state index is 13.5. The monoisotopic (exact) mass is 376 g/mol. The van der Waals surface area contributed by atoms with Crippen molar-refractivity contribution in [3.8, 4) is 0 Å². The normalized spacial score (nSPS) is 27.6. The Morgan fingerprint density at radius 1 is 1.37 bits per heavy atom. The van der Waals surface area contributed by atoms with Crippen molar-refractivity contribution in [2.45, 2.75) is 84.0 Å². The third-order valence-corrected chi connectivity index (χ3v) is 6.13. The topological polar surface area (TPSA) is 91.0 Å². The molecule has 1 saturated heterocycles. The molecule has 3 heterocycles. The number of aliphatic hydroxyl groups excluding tert-OH is 1. The number of carbonyl (C=O) groups is 1. The van der Waals surface area contributed by atoms with Crippen LogP contribution in [-0.2, 0) is 4.79 Å². The molecule has 7 nitrogen and oxygen atoms in total. The first-order chi connectivity index (χ1) is 12.4. The number of hydrogen-bond donors (Lipinski definition) is 2. The molecule has 0 radical (unpaired) electrons. The van der Waals surface area contributed by atoms with E-state index in [1.54, 1.807) is 4.90 Å². The van der Waals surface area contributed by atoms with E-state index >= 15 is 0 Å². The van der Waals surface area contributed by atoms with Crippen molar-refractivity contribution < 1.29 is 14.4 Å². The van der Waals surface area contributed by atoms with Gasteiger partial charge < -0.3 is 19.8 Å². The summed E-state index contributed by atoms with van der Waals surface area (Å²) in [6.45, 7) is 14.5. The second-order valence-corrected chi connectivity index (χ2v) is 9.29. The standard InChI is InChI=1S/C20H32N4O3/c1-11(2)16(15-8-12(3)23-27-15)18(26)24-10-13(25)9-14(24)17-21-19(4,5)20(6,7)22-17/h8,11,13-14,16,25H,9-10H2,1-7H3,(H,21,22)/t13-,14+,16-/m1/s1. The number of amidine groups is 1. The van der Waals surface area contributed by atoms with Crippen LogP contribution in [0.4, 0.5) is 0 Å². The molecule has 0 saturated carbocycles. The van der Waals surface area contributed by atoms with Gasteiger partial charge in [0.1, 0.15) is 17.5 Å². The molecule has 2 N–H and O–H groups in total. The molecule has 2 aliphatic heterocycles. The van der Waals surface area contributed by atoms with Crippen LogP contribution in [0, 0.1) is 12.8 Å². The minimum atomic E-state index is -0.556. The van der Waals surface area contributed by atoms with Gasteiger partial charge in [-0.2, -0.15) is 0 Å². The lowest BCUT2D eigenvalue weighted by molar-refractivity contribution is -0.134. The van der Waals surface area contributed by atoms with Crippen molar-refractivity contribution in [1.29, 1.82) is 0 Å². The predicted molar refractivity (Wildman–Crippen MR) is 104 cm³/mol. The van der Waals surface area contributed by atoms with Crippen LogP contribution in [-0.4, -0.2) is 56.7 Å². The van der Waals surface area contributed by atoms with Gasteiger partial charge in [-0.3, -0.25) is 9.79 Å². The molecule has 150 valence electrons. The van der Waals surface area contributed by atoms with Crippen LogP contribution in [0.5, 0.6) is 0 Å². The van der Waals surface area contributed by atoms with Gasteiger partial charge in [0.15, 0.2) is 0 Å². The lowest BCUT2D eigenvalue weighted by Gasteiger charge is -2.33. The first kappa shape index (κ1) is 19.9. The van der Waals surface area contributed by atoms with Gasteiger partial charge in [-0.05, 0) is 40.5 Å². The number of amides is 1. The number of aromatic nitrogens is 1. The largest absolute Gasteiger partial charge is 0.391 e. The summed E-state index contributed by atoms with van der Waals surface area (Å²) in [5, 5.41) is 17.8. The second-order valence-electron chi connectivity index (χ2n) is 9.29. The van der Waals surface area contributed by atoms with Gasteiger partial charge in [0.05, 0.1) is 28.9 Å². The summed E-state index contributed by atoms with van der Waals surface area (Å²) in [7, 11) is 0. The number of aliphatic hydroxyl groups is 1. The maximum Gasteiger partial charge on any atom is 0.234 e. The van der Waals surface area contributed by atoms with Gasteiger partial charge in [0.25, 0.3) is 0 Å². The van der Waals surface area contributed by atoms with Crippen LogP contribution >= 0.6 is 0 Å². The first-order valence-electron chi connectivity index (χ1n) is 9.72. The van der Waals surface area contributed by atoms with Crippen molar-refractivity contribution in [3.63, 3.8) is 0 Å². The van der Waals surface area contributed by atoms with Crippen LogP contribution in [0.3, 0.4) is 0 Å². The lowest BCUT2D eigenvalue weighted by atomic mass is 9.85. The van der Waals surface area contributed by atoms with Gasteiger partial charge >= 0.3 is 0 Å². The van der Waals surface area contributed by atoms with E-state index in [-0.39, 0.29) is 28.9 Å². The highest BCUT2D eigenvalue weighted by Gasteiger charge is 2.49. The molecule has 2 aliphatic rings. The summed E-state index contributed by atoms with van der Waals surface area (Å²) >= 11 is 0. The highest BCUT2D eigenvalue weighted by Crippen LogP contribution is 2.35. The van der Waals surface area contributed by atoms with Crippen LogP contribution in [0.15, 0.2) is 15.6 Å². The van der Waals surface area contributed by atoms with Crippen LogP contribution in [0.1, 0.15) is 65.3 Å². The molecule has 1 amide bonds. The Labute approximate surface area is 161 Å². The molecule has 0 bridgehead atoms. The summed E-state index contributed by atoms with van der Waals surface area (Å²) in [4.78, 5) is 20.1. The average molecular weight is 377 g/mol. The van der Waals surface area contributed by atoms with E-state index in [0.29, 0.717) is 18.7 Å². The Morgan fingerprint density at radius 3 is 2.52 bits per heavy atom. The minimum absolute atomic E-state index is 0.0466. The number of aryl methyl sites for hydroxylation is 1. The van der Waals surface area contributed by atoms with Crippen molar-refractivity contribution in [2.75, 3.05) is 6.54 Å². The number of nitrogens with one attached hydrogen (secondary N) is 1. The third kappa shape index (κ3) is 3.49. The molecule has 1 aromatic heterocycles. The van der Waals surface area contributed by atoms with Crippen LogP contribution in [0.25, 0.3) is 0 Å². The number of β-amino-alcohol motifs (C(OH)–C–C–N with tert-alkyl or cyclic N) is 1. The Balaban J connectivity index is 1.91. The van der Waals surface area contributed by atoms with E-state index in [9.17, 15) is 9.90 Å². The molecule has 1 aromatic rings. The number of carbonyl (C=O) groups excluding carboxylic acids is 1. The van der Waals surface area contributed by atoms with Crippen molar-refractivity contribution in [2.24, 2.45) is 10.9 Å². The second kappa shape index (κ2) is 6.62. The summed E-state index contributed by atoms with van der Waals surface area (Å²) in [5.41, 5.74) is 0.251. The maximum absolute atomic E-state index is 13.5. The lowest BCUT2D eigenvalue weighted by Crippen LogP contribution is -2.54. The highest BCUT2D eigenvalue weighted by molar-refractivity contribution is 5.95. The zero-order chi connectivity index (χ0) is 20.1. The van der Waals surface area contributed by atoms with Crippen LogP contribution in [0.2, 0.25) is 0 Å². The van der Waals surface area contributed by atoms with E-state index in [2.05, 4.69) is 38.2 Å². The van der Waals surface area contributed by atoms with Crippen molar-refractivity contribution in [3.05, 3.63) is 17.5 Å². The molecule has 1 fully saturated rings. The van der Waals surface area contributed by atoms with Gasteiger partial charge in [-0.15, -0.1) is 0 Å². The molecular weight excluding hydrogens is 344 g/mol. The molecular formula is C20H32N4O3. The summed E-state index contributed by atoms with van der Waals surface area (Å²) in [5.74, 6) is 0.937. The number of likely N-dealkylation sites (tertiary alicyclic amines) is 1. The molecule has 0 aromatic carbocycles. The summed E-state index contributed by atoms with van der Waals surface area (Å²) in [6.07, 6.45) is -0.0659. The molecule has 0 unspecified atom stereocenters. The molecule has 7 heteroatoms. The minimum Gasteiger partial charge on any atom is -0.391 e. The number of aliphatic imine (C=N–C) groups is 1. The molecule has 3 atom stereocenters. The number of nitrogens with zero attached hydrogens (tertiary/aromatic N) is 3. The summed E-state index contributed by atoms with van der Waals surface area (Å²) in [6, 6.07) is 1.57. The van der Waals surface area contributed by atoms with E-state index in [1.807, 2.05) is 26.8 Å². The SMILES string of the molecule is Cc1cc([C@H](C(=O)N2C[C@H](O)C[C@H]2C2=NC(C)(C)C(C)(C)N2)C(C)C)on1. The van der Waals surface area contributed by atoms with Crippen LogP contribution < -0.4 is 5.32 Å². The average Bonchev–Trinajstić information content (AvgIpc) is 3.16. The van der Waals surface area contributed by atoms with Crippen molar-refractivity contribution in [1.82, 2.24) is 15.4 Å². The fourth-order valence-electron chi connectivity index (χ4n) is 3.86. The van der Waals surface area contributed by atoms with E-state index < -0.39 is 12.0 Å². The van der Waals surface area contributed by atoms with Gasteiger partial charge in [-0.25, -0.2) is 0 Å². The Bertz CT molecular complexity index is 750. The Kier molecular flexibility index (Phi) is 4.87. The van der Waals surface area contributed by atoms with E-state index in [4.69, 9.17) is 9.52 Å². The van der Waals surface area contributed by atoms with E-state index in [1.165, 1.54) is 0 Å². The van der Waals surface area contributed by atoms with Gasteiger partial charge in [0, 0.05) is 19.0 Å². The Morgan fingerprint density at radius 2 is 2.04 bits per heavy atom. The van der Waals surface area contributed by atoms with Gasteiger partial charge in [0.2, 0.25) is 5.91 Å². The first-order valence-corrected chi connectivity index (χ1v) is 9.72. The van der Waals surface area contributed by atoms with Gasteiger partial charge in [-0.1, -0.05) is 19.0 Å².